The second kappa shape index (κ2) is 6.96. The Morgan fingerprint density at radius 1 is 1.53 bits per heavy atom. The van der Waals surface area contributed by atoms with Crippen LogP contribution in [0.5, 0.6) is 0 Å². The summed E-state index contributed by atoms with van der Waals surface area (Å²) in [5.74, 6) is 0. The smallest absolute Gasteiger partial charge is 0.0947 e. The van der Waals surface area contributed by atoms with Crippen molar-refractivity contribution >= 4 is 21.6 Å². The van der Waals surface area contributed by atoms with Gasteiger partial charge in [-0.15, -0.1) is 0 Å². The van der Waals surface area contributed by atoms with E-state index >= 15 is 0 Å². The van der Waals surface area contributed by atoms with Crippen molar-refractivity contribution < 1.29 is 9.84 Å². The van der Waals surface area contributed by atoms with Crippen molar-refractivity contribution in [2.45, 2.75) is 12.6 Å². The van der Waals surface area contributed by atoms with Gasteiger partial charge in [-0.1, -0.05) is 15.9 Å². The Morgan fingerprint density at radius 3 is 2.82 bits per heavy atom. The molecule has 0 spiro atoms. The second-order valence-corrected chi connectivity index (χ2v) is 4.88. The van der Waals surface area contributed by atoms with E-state index in [1.807, 2.05) is 30.1 Å². The molecule has 3 N–H and O–H groups in total. The summed E-state index contributed by atoms with van der Waals surface area (Å²) in [6, 6.07) is 5.95. The molecule has 1 aromatic rings. The first-order chi connectivity index (χ1) is 8.08. The number of rotatable bonds is 6. The van der Waals surface area contributed by atoms with Crippen LogP contribution in [0, 0.1) is 0 Å². The van der Waals surface area contributed by atoms with Crippen LogP contribution in [0.25, 0.3) is 0 Å². The Balaban J connectivity index is 2.77. The minimum Gasteiger partial charge on any atom is -0.389 e. The lowest BCUT2D eigenvalue weighted by Gasteiger charge is -2.24. The Kier molecular flexibility index (Phi) is 5.91. The van der Waals surface area contributed by atoms with Crippen molar-refractivity contribution in [1.29, 1.82) is 0 Å². The molecule has 5 heteroatoms. The number of likely N-dealkylation sites (N-methyl/N-ethyl adjacent to an activating group) is 1. The first kappa shape index (κ1) is 14.4. The van der Waals surface area contributed by atoms with Gasteiger partial charge in [0.25, 0.3) is 0 Å². The largest absolute Gasteiger partial charge is 0.389 e. The fourth-order valence-electron chi connectivity index (χ4n) is 1.75. The second-order valence-electron chi connectivity index (χ2n) is 3.97. The van der Waals surface area contributed by atoms with Crippen molar-refractivity contribution in [1.82, 2.24) is 0 Å². The van der Waals surface area contributed by atoms with Gasteiger partial charge in [0.1, 0.15) is 0 Å². The molecule has 1 unspecified atom stereocenters. The zero-order valence-electron chi connectivity index (χ0n) is 10.2. The van der Waals surface area contributed by atoms with Gasteiger partial charge in [-0.25, -0.2) is 0 Å². The molecular weight excluding hydrogens is 284 g/mol. The molecule has 0 aliphatic rings. The molecule has 4 nitrogen and oxygen atoms in total. The lowest BCUT2D eigenvalue weighted by Crippen LogP contribution is -2.32. The van der Waals surface area contributed by atoms with Gasteiger partial charge in [0.15, 0.2) is 0 Å². The molecule has 0 aliphatic carbocycles. The summed E-state index contributed by atoms with van der Waals surface area (Å²) in [6.07, 6.45) is -0.501. The number of methoxy groups -OCH3 is 1. The lowest BCUT2D eigenvalue weighted by atomic mass is 10.1. The summed E-state index contributed by atoms with van der Waals surface area (Å²) >= 11 is 3.42. The van der Waals surface area contributed by atoms with Gasteiger partial charge in [-0.05, 0) is 23.8 Å². The summed E-state index contributed by atoms with van der Waals surface area (Å²) in [4.78, 5) is 1.98. The minimum absolute atomic E-state index is 0.332. The topological polar surface area (TPSA) is 58.7 Å². The van der Waals surface area contributed by atoms with Gasteiger partial charge < -0.3 is 20.5 Å². The molecule has 0 saturated heterocycles. The highest BCUT2D eigenvalue weighted by atomic mass is 79.9. The molecule has 1 aromatic carbocycles. The highest BCUT2D eigenvalue weighted by Crippen LogP contribution is 2.23. The summed E-state index contributed by atoms with van der Waals surface area (Å²) in [7, 11) is 3.51. The lowest BCUT2D eigenvalue weighted by molar-refractivity contribution is 0.0695. The SMILES string of the molecule is COCC(O)CN(C)c1ccc(Br)cc1CN. The Labute approximate surface area is 110 Å². The third-order valence-corrected chi connectivity index (χ3v) is 3.01. The number of hydrogen-bond donors (Lipinski definition) is 2. The summed E-state index contributed by atoms with van der Waals surface area (Å²) in [5, 5.41) is 9.69. The van der Waals surface area contributed by atoms with Crippen LogP contribution in [0.4, 0.5) is 5.69 Å². The molecule has 0 saturated carbocycles. The fraction of sp³-hybridized carbons (Fsp3) is 0.500. The standard InChI is InChI=1S/C12H19BrN2O2/c1-15(7-11(16)8-17-2)12-4-3-10(13)5-9(12)6-14/h3-5,11,16H,6-8,14H2,1-2H3. The maximum atomic E-state index is 9.69. The molecule has 0 amide bonds. The van der Waals surface area contributed by atoms with E-state index in [-0.39, 0.29) is 0 Å². The van der Waals surface area contributed by atoms with E-state index < -0.39 is 6.10 Å². The average molecular weight is 303 g/mol. The van der Waals surface area contributed by atoms with Gasteiger partial charge in [0.2, 0.25) is 0 Å². The van der Waals surface area contributed by atoms with E-state index in [9.17, 15) is 5.11 Å². The number of hydrogen-bond acceptors (Lipinski definition) is 4. The predicted molar refractivity (Wildman–Crippen MR) is 73.2 cm³/mol. The zero-order chi connectivity index (χ0) is 12.8. The number of ether oxygens (including phenoxy) is 1. The van der Waals surface area contributed by atoms with Crippen LogP contribution < -0.4 is 10.6 Å². The van der Waals surface area contributed by atoms with Crippen LogP contribution in [-0.2, 0) is 11.3 Å². The number of halogens is 1. The van der Waals surface area contributed by atoms with Crippen LogP contribution in [0.1, 0.15) is 5.56 Å². The van der Waals surface area contributed by atoms with Crippen molar-refractivity contribution in [2.24, 2.45) is 5.73 Å². The normalized spacial score (nSPS) is 12.5. The third kappa shape index (κ3) is 4.27. The minimum atomic E-state index is -0.501. The molecule has 1 atom stereocenters. The van der Waals surface area contributed by atoms with Gasteiger partial charge in [-0.2, -0.15) is 0 Å². The molecule has 1 rings (SSSR count). The van der Waals surface area contributed by atoms with Crippen LogP contribution in [-0.4, -0.2) is 38.5 Å². The van der Waals surface area contributed by atoms with E-state index in [1.165, 1.54) is 0 Å². The molecule has 0 heterocycles. The zero-order valence-corrected chi connectivity index (χ0v) is 11.8. The van der Waals surface area contributed by atoms with Crippen LogP contribution in [0.3, 0.4) is 0 Å². The maximum Gasteiger partial charge on any atom is 0.0947 e. The molecule has 0 bridgehead atoms. The van der Waals surface area contributed by atoms with Crippen molar-refractivity contribution in [2.75, 3.05) is 32.2 Å². The monoisotopic (exact) mass is 302 g/mol. The highest BCUT2D eigenvalue weighted by molar-refractivity contribution is 9.10. The number of benzene rings is 1. The quantitative estimate of drug-likeness (QED) is 0.833. The Bertz CT molecular complexity index is 360. The van der Waals surface area contributed by atoms with E-state index in [0.717, 1.165) is 15.7 Å². The first-order valence-electron chi connectivity index (χ1n) is 5.45. The molecule has 96 valence electrons. The summed E-state index contributed by atoms with van der Waals surface area (Å²) in [5.41, 5.74) is 7.79. The van der Waals surface area contributed by atoms with E-state index in [2.05, 4.69) is 15.9 Å². The number of anilines is 1. The summed E-state index contributed by atoms with van der Waals surface area (Å²) in [6.45, 7) is 1.32. The number of aliphatic hydroxyl groups is 1. The van der Waals surface area contributed by atoms with Crippen LogP contribution >= 0.6 is 15.9 Å². The molecule has 17 heavy (non-hydrogen) atoms. The molecule has 0 radical (unpaired) electrons. The third-order valence-electron chi connectivity index (χ3n) is 2.52. The Morgan fingerprint density at radius 2 is 2.24 bits per heavy atom. The summed E-state index contributed by atoms with van der Waals surface area (Å²) < 4.78 is 5.91. The molecular formula is C12H19BrN2O2. The molecule has 0 aromatic heterocycles. The van der Waals surface area contributed by atoms with Crippen LogP contribution in [0.2, 0.25) is 0 Å². The van der Waals surface area contributed by atoms with Gasteiger partial charge in [0, 0.05) is 37.4 Å². The van der Waals surface area contributed by atoms with Gasteiger partial charge in [0.05, 0.1) is 12.7 Å². The first-order valence-corrected chi connectivity index (χ1v) is 6.24. The molecule has 0 fully saturated rings. The average Bonchev–Trinajstić information content (AvgIpc) is 2.28. The van der Waals surface area contributed by atoms with Crippen molar-refractivity contribution in [3.8, 4) is 0 Å². The predicted octanol–water partition coefficient (Wildman–Crippen LogP) is 1.35. The highest BCUT2D eigenvalue weighted by Gasteiger charge is 2.11. The maximum absolute atomic E-state index is 9.69. The van der Waals surface area contributed by atoms with E-state index in [4.69, 9.17) is 10.5 Å². The number of aliphatic hydroxyl groups excluding tert-OH is 1. The molecule has 0 aliphatic heterocycles. The van der Waals surface area contributed by atoms with E-state index in [1.54, 1.807) is 7.11 Å². The number of nitrogens with zero attached hydrogens (tertiary/aromatic N) is 1. The van der Waals surface area contributed by atoms with E-state index in [0.29, 0.717) is 19.7 Å². The van der Waals surface area contributed by atoms with Crippen molar-refractivity contribution in [3.63, 3.8) is 0 Å². The number of nitrogens with two attached hydrogens (primary N) is 1. The van der Waals surface area contributed by atoms with Crippen LogP contribution in [0.15, 0.2) is 22.7 Å². The van der Waals surface area contributed by atoms with Crippen molar-refractivity contribution in [3.05, 3.63) is 28.2 Å². The Hall–Kier alpha value is -0.620. The van der Waals surface area contributed by atoms with Gasteiger partial charge >= 0.3 is 0 Å². The van der Waals surface area contributed by atoms with Gasteiger partial charge in [-0.3, -0.25) is 0 Å². The fourth-order valence-corrected chi connectivity index (χ4v) is 2.16.